The van der Waals surface area contributed by atoms with Crippen molar-refractivity contribution in [2.24, 2.45) is 0 Å². The minimum Gasteiger partial charge on any atom is -0.454 e. The van der Waals surface area contributed by atoms with E-state index in [-0.39, 0.29) is 16.1 Å². The summed E-state index contributed by atoms with van der Waals surface area (Å²) in [6.07, 6.45) is 0. The summed E-state index contributed by atoms with van der Waals surface area (Å²) < 4.78 is 4.68. The van der Waals surface area contributed by atoms with E-state index < -0.39 is 49.3 Å². The minimum atomic E-state index is -0.900. The van der Waals surface area contributed by atoms with Crippen LogP contribution in [0.25, 0.3) is 0 Å². The van der Waals surface area contributed by atoms with Crippen LogP contribution in [0.5, 0.6) is 0 Å². The summed E-state index contributed by atoms with van der Waals surface area (Å²) in [6.45, 7) is -1.65. The first-order valence-corrected chi connectivity index (χ1v) is 9.56. The summed E-state index contributed by atoms with van der Waals surface area (Å²) >= 11 is 11.7. The van der Waals surface area contributed by atoms with Crippen molar-refractivity contribution in [1.29, 1.82) is 0 Å². The van der Waals surface area contributed by atoms with E-state index in [4.69, 9.17) is 23.2 Å². The van der Waals surface area contributed by atoms with E-state index in [1.807, 2.05) is 0 Å². The summed E-state index contributed by atoms with van der Waals surface area (Å²) in [4.78, 5) is 58.9. The summed E-state index contributed by atoms with van der Waals surface area (Å²) in [5, 5.41) is 7.10. The number of imide groups is 1. The standard InChI is InChI=1S/C20H17Cl2N3O6/c21-13-6-7-14(15(22)8-13)20(30)24-9-16(26)23-10-18(28)31-11-17(27)25-19(29)12-4-2-1-3-5-12/h1-8H,9-11H2,(H,23,26)(H,24,30)(H,25,27,29). The number of hydrogen-bond donors (Lipinski definition) is 3. The van der Waals surface area contributed by atoms with Gasteiger partial charge in [0, 0.05) is 10.6 Å². The molecule has 11 heteroatoms. The molecule has 0 saturated heterocycles. The average Bonchev–Trinajstić information content (AvgIpc) is 2.75. The first-order valence-electron chi connectivity index (χ1n) is 8.81. The Kier molecular flexibility index (Phi) is 8.98. The largest absolute Gasteiger partial charge is 0.454 e. The predicted octanol–water partition coefficient (Wildman–Crippen LogP) is 1.34. The first-order chi connectivity index (χ1) is 14.8. The van der Waals surface area contributed by atoms with Crippen molar-refractivity contribution >= 4 is 52.8 Å². The van der Waals surface area contributed by atoms with Crippen LogP contribution in [0.1, 0.15) is 20.7 Å². The number of benzene rings is 2. The summed E-state index contributed by atoms with van der Waals surface area (Å²) in [5.41, 5.74) is 0.408. The quantitative estimate of drug-likeness (QED) is 0.504. The van der Waals surface area contributed by atoms with Gasteiger partial charge in [0.2, 0.25) is 5.91 Å². The lowest BCUT2D eigenvalue weighted by Gasteiger charge is -2.09. The Balaban J connectivity index is 1.66. The van der Waals surface area contributed by atoms with Crippen molar-refractivity contribution in [3.8, 4) is 0 Å². The fourth-order valence-corrected chi connectivity index (χ4v) is 2.68. The van der Waals surface area contributed by atoms with Gasteiger partial charge in [-0.25, -0.2) is 0 Å². The minimum absolute atomic E-state index is 0.123. The average molecular weight is 466 g/mol. The molecule has 0 aliphatic carbocycles. The highest BCUT2D eigenvalue weighted by atomic mass is 35.5. The van der Waals surface area contributed by atoms with E-state index in [9.17, 15) is 24.0 Å². The second kappa shape index (κ2) is 11.7. The highest BCUT2D eigenvalue weighted by Crippen LogP contribution is 2.20. The summed E-state index contributed by atoms with van der Waals surface area (Å²) in [7, 11) is 0. The molecule has 0 heterocycles. The van der Waals surface area contributed by atoms with Gasteiger partial charge < -0.3 is 15.4 Å². The zero-order valence-electron chi connectivity index (χ0n) is 15.9. The molecule has 4 amide bonds. The molecule has 0 aliphatic rings. The zero-order valence-corrected chi connectivity index (χ0v) is 17.5. The van der Waals surface area contributed by atoms with Crippen LogP contribution in [-0.2, 0) is 19.1 Å². The van der Waals surface area contributed by atoms with E-state index >= 15 is 0 Å². The fourth-order valence-electron chi connectivity index (χ4n) is 2.18. The number of nitrogens with one attached hydrogen (secondary N) is 3. The third-order valence-electron chi connectivity index (χ3n) is 3.67. The number of amides is 4. The second-order valence-electron chi connectivity index (χ2n) is 5.99. The Morgan fingerprint density at radius 2 is 1.52 bits per heavy atom. The predicted molar refractivity (Wildman–Crippen MR) is 112 cm³/mol. The van der Waals surface area contributed by atoms with Crippen molar-refractivity contribution in [3.05, 3.63) is 69.7 Å². The molecular formula is C20H17Cl2N3O6. The number of esters is 1. The van der Waals surface area contributed by atoms with Gasteiger partial charge in [0.05, 0.1) is 17.1 Å². The molecule has 2 aromatic carbocycles. The van der Waals surface area contributed by atoms with Gasteiger partial charge in [-0.2, -0.15) is 0 Å². The molecule has 31 heavy (non-hydrogen) atoms. The molecule has 0 spiro atoms. The van der Waals surface area contributed by atoms with Gasteiger partial charge in [-0.05, 0) is 30.3 Å². The van der Waals surface area contributed by atoms with Gasteiger partial charge in [0.25, 0.3) is 17.7 Å². The SMILES string of the molecule is O=C(CNC(=O)c1ccc(Cl)cc1Cl)NCC(=O)OCC(=O)NC(=O)c1ccccc1. The maximum Gasteiger partial charge on any atom is 0.325 e. The van der Waals surface area contributed by atoms with Crippen LogP contribution in [0.3, 0.4) is 0 Å². The third-order valence-corrected chi connectivity index (χ3v) is 4.22. The van der Waals surface area contributed by atoms with Gasteiger partial charge in [0.15, 0.2) is 6.61 Å². The van der Waals surface area contributed by atoms with E-state index in [2.05, 4.69) is 20.7 Å². The normalized spacial score (nSPS) is 10.0. The van der Waals surface area contributed by atoms with E-state index in [0.717, 1.165) is 0 Å². The van der Waals surface area contributed by atoms with E-state index in [0.29, 0.717) is 5.02 Å². The lowest BCUT2D eigenvalue weighted by atomic mass is 10.2. The second-order valence-corrected chi connectivity index (χ2v) is 6.83. The molecule has 3 N–H and O–H groups in total. The van der Waals surface area contributed by atoms with Crippen LogP contribution in [0.4, 0.5) is 0 Å². The molecule has 0 aliphatic heterocycles. The van der Waals surface area contributed by atoms with Crippen molar-refractivity contribution in [3.63, 3.8) is 0 Å². The molecule has 0 aromatic heterocycles. The highest BCUT2D eigenvalue weighted by Gasteiger charge is 2.15. The van der Waals surface area contributed by atoms with Crippen molar-refractivity contribution in [2.75, 3.05) is 19.7 Å². The lowest BCUT2D eigenvalue weighted by Crippen LogP contribution is -2.40. The highest BCUT2D eigenvalue weighted by molar-refractivity contribution is 6.36. The number of carbonyl (C=O) groups is 5. The monoisotopic (exact) mass is 465 g/mol. The summed E-state index contributed by atoms with van der Waals surface area (Å²) in [5.74, 6) is -3.62. The molecule has 0 radical (unpaired) electrons. The van der Waals surface area contributed by atoms with Crippen molar-refractivity contribution < 1.29 is 28.7 Å². The Morgan fingerprint density at radius 3 is 2.19 bits per heavy atom. The molecule has 0 fully saturated rings. The number of rotatable bonds is 8. The van der Waals surface area contributed by atoms with Gasteiger partial charge in [-0.1, -0.05) is 41.4 Å². The van der Waals surface area contributed by atoms with Crippen LogP contribution >= 0.6 is 23.2 Å². The van der Waals surface area contributed by atoms with E-state index in [1.54, 1.807) is 18.2 Å². The topological polar surface area (TPSA) is 131 Å². The molecule has 162 valence electrons. The fraction of sp³-hybridized carbons (Fsp3) is 0.150. The Morgan fingerprint density at radius 1 is 0.806 bits per heavy atom. The van der Waals surface area contributed by atoms with Crippen molar-refractivity contribution in [2.45, 2.75) is 0 Å². The van der Waals surface area contributed by atoms with Crippen LogP contribution < -0.4 is 16.0 Å². The molecule has 0 unspecified atom stereocenters. The van der Waals surface area contributed by atoms with Gasteiger partial charge in [0.1, 0.15) is 6.54 Å². The van der Waals surface area contributed by atoms with Crippen LogP contribution in [-0.4, -0.2) is 49.3 Å². The number of halogens is 2. The molecule has 9 nitrogen and oxygen atoms in total. The number of carbonyl (C=O) groups excluding carboxylic acids is 5. The Bertz CT molecular complexity index is 998. The van der Waals surface area contributed by atoms with Crippen LogP contribution in [0.15, 0.2) is 48.5 Å². The van der Waals surface area contributed by atoms with Crippen LogP contribution in [0, 0.1) is 0 Å². The Labute approximate surface area is 187 Å². The molecule has 0 bridgehead atoms. The van der Waals surface area contributed by atoms with E-state index in [1.165, 1.54) is 30.3 Å². The zero-order chi connectivity index (χ0) is 22.8. The summed E-state index contributed by atoms with van der Waals surface area (Å²) in [6, 6.07) is 12.3. The molecule has 0 atom stereocenters. The van der Waals surface area contributed by atoms with Gasteiger partial charge in [-0.3, -0.25) is 29.3 Å². The molecule has 2 aromatic rings. The molecule has 0 saturated carbocycles. The molecule has 2 rings (SSSR count). The Hall–Kier alpha value is -3.43. The smallest absolute Gasteiger partial charge is 0.325 e. The maximum absolute atomic E-state index is 12.0. The third kappa shape index (κ3) is 8.07. The van der Waals surface area contributed by atoms with Gasteiger partial charge >= 0.3 is 5.97 Å². The number of ether oxygens (including phenoxy) is 1. The first kappa shape index (κ1) is 23.8. The van der Waals surface area contributed by atoms with Crippen molar-refractivity contribution in [1.82, 2.24) is 16.0 Å². The molecular weight excluding hydrogens is 449 g/mol. The van der Waals surface area contributed by atoms with Crippen LogP contribution in [0.2, 0.25) is 10.0 Å². The maximum atomic E-state index is 12.0. The number of hydrogen-bond acceptors (Lipinski definition) is 6. The lowest BCUT2D eigenvalue weighted by molar-refractivity contribution is -0.148. The van der Waals surface area contributed by atoms with Gasteiger partial charge in [-0.15, -0.1) is 0 Å².